The molecule has 4 heteroatoms. The van der Waals surface area contributed by atoms with E-state index in [9.17, 15) is 0 Å². The van der Waals surface area contributed by atoms with Crippen LogP contribution in [-0.2, 0) is 0 Å². The summed E-state index contributed by atoms with van der Waals surface area (Å²) in [4.78, 5) is 0. The lowest BCUT2D eigenvalue weighted by Gasteiger charge is -2.04. The normalized spacial score (nSPS) is 10.0. The summed E-state index contributed by atoms with van der Waals surface area (Å²) in [5.74, 6) is 0. The van der Waals surface area contributed by atoms with Crippen LogP contribution in [-0.4, -0.2) is 41.0 Å². The van der Waals surface area contributed by atoms with Crippen LogP contribution < -0.4 is 20.7 Å². The van der Waals surface area contributed by atoms with Crippen molar-refractivity contribution in [2.24, 2.45) is 0 Å². The standard InChI is InChI=1S/C6H2Si4/c7-3-1-4(8)6(10)5(9)2-3/h1-2H. The van der Waals surface area contributed by atoms with Crippen LogP contribution in [0.3, 0.4) is 0 Å². The van der Waals surface area contributed by atoms with E-state index in [0.717, 1.165) is 20.7 Å². The predicted molar refractivity (Wildman–Crippen MR) is 48.0 cm³/mol. The van der Waals surface area contributed by atoms with Gasteiger partial charge in [-0.3, -0.25) is 0 Å². The summed E-state index contributed by atoms with van der Waals surface area (Å²) in [6.07, 6.45) is 0. The second-order valence-corrected chi connectivity index (χ2v) is 4.10. The zero-order chi connectivity index (χ0) is 7.72. The van der Waals surface area contributed by atoms with E-state index in [1.54, 1.807) is 0 Å². The maximum absolute atomic E-state index is 3.44. The maximum Gasteiger partial charge on any atom is 0.0711 e. The van der Waals surface area contributed by atoms with Crippen molar-refractivity contribution in [1.82, 2.24) is 0 Å². The van der Waals surface area contributed by atoms with Gasteiger partial charge in [-0.05, 0) is 0 Å². The van der Waals surface area contributed by atoms with Gasteiger partial charge in [0.25, 0.3) is 0 Å². The lowest BCUT2D eigenvalue weighted by Crippen LogP contribution is -2.41. The Bertz CT molecular complexity index is 233. The summed E-state index contributed by atoms with van der Waals surface area (Å²) < 4.78 is 0. The number of rotatable bonds is 0. The number of hydrogen-bond donors (Lipinski definition) is 0. The lowest BCUT2D eigenvalue weighted by atomic mass is 10.3. The summed E-state index contributed by atoms with van der Waals surface area (Å²) in [6, 6.07) is 3.94. The molecule has 0 aliphatic heterocycles. The third-order valence-electron chi connectivity index (χ3n) is 1.14. The first-order valence-electron chi connectivity index (χ1n) is 2.65. The van der Waals surface area contributed by atoms with Crippen LogP contribution in [0.5, 0.6) is 0 Å². The van der Waals surface area contributed by atoms with Crippen LogP contribution in [0.1, 0.15) is 0 Å². The van der Waals surface area contributed by atoms with Gasteiger partial charge in [0, 0.05) is 0 Å². The second-order valence-electron chi connectivity index (χ2n) is 1.95. The van der Waals surface area contributed by atoms with Crippen LogP contribution in [0.2, 0.25) is 0 Å². The molecule has 0 fully saturated rings. The van der Waals surface area contributed by atoms with Crippen molar-refractivity contribution in [3.8, 4) is 0 Å². The van der Waals surface area contributed by atoms with Crippen molar-refractivity contribution in [2.75, 3.05) is 0 Å². The van der Waals surface area contributed by atoms with Gasteiger partial charge >= 0.3 is 0 Å². The van der Waals surface area contributed by atoms with Crippen molar-refractivity contribution < 1.29 is 0 Å². The van der Waals surface area contributed by atoms with E-state index in [2.05, 4.69) is 41.0 Å². The molecule has 0 aromatic heterocycles. The number of benzene rings is 1. The van der Waals surface area contributed by atoms with Crippen LogP contribution in [0.4, 0.5) is 0 Å². The third-order valence-corrected chi connectivity index (χ3v) is 3.25. The summed E-state index contributed by atoms with van der Waals surface area (Å²) in [5.41, 5.74) is 0. The predicted octanol–water partition coefficient (Wildman–Crippen LogP) is -3.14. The minimum atomic E-state index is 1.02. The van der Waals surface area contributed by atoms with E-state index in [4.69, 9.17) is 0 Å². The van der Waals surface area contributed by atoms with Gasteiger partial charge in [0.2, 0.25) is 0 Å². The highest BCUT2D eigenvalue weighted by molar-refractivity contribution is 6.58. The minimum Gasteiger partial charge on any atom is -0.0704 e. The topological polar surface area (TPSA) is 0 Å². The summed E-state index contributed by atoms with van der Waals surface area (Å²) >= 11 is 0. The average Bonchev–Trinajstić information content (AvgIpc) is 1.82. The molecule has 0 amide bonds. The quantitative estimate of drug-likeness (QED) is 0.376. The largest absolute Gasteiger partial charge is 0.0711 e. The molecule has 1 aromatic rings. The van der Waals surface area contributed by atoms with Crippen molar-refractivity contribution >= 4 is 61.7 Å². The Morgan fingerprint density at radius 2 is 1.20 bits per heavy atom. The molecule has 0 heterocycles. The van der Waals surface area contributed by atoms with Gasteiger partial charge in [0.05, 0.1) is 41.0 Å². The average molecular weight is 186 g/mol. The first-order valence-corrected chi connectivity index (χ1v) is 4.65. The van der Waals surface area contributed by atoms with E-state index in [-0.39, 0.29) is 0 Å². The van der Waals surface area contributed by atoms with E-state index in [1.165, 1.54) is 0 Å². The van der Waals surface area contributed by atoms with E-state index in [0.29, 0.717) is 0 Å². The molecule has 0 aliphatic carbocycles. The molecule has 0 saturated carbocycles. The van der Waals surface area contributed by atoms with E-state index in [1.807, 2.05) is 12.1 Å². The molecule has 0 unspecified atom stereocenters. The Morgan fingerprint density at radius 3 is 1.60 bits per heavy atom. The fourth-order valence-corrected chi connectivity index (χ4v) is 2.07. The highest BCUT2D eigenvalue weighted by Gasteiger charge is 1.96. The molecule has 0 atom stereocenters. The zero-order valence-corrected chi connectivity index (χ0v) is 9.15. The van der Waals surface area contributed by atoms with Crippen molar-refractivity contribution in [3.05, 3.63) is 12.1 Å². The van der Waals surface area contributed by atoms with Crippen molar-refractivity contribution in [3.63, 3.8) is 0 Å². The van der Waals surface area contributed by atoms with Gasteiger partial charge < -0.3 is 0 Å². The SMILES string of the molecule is [Si]c1cc([Si])c([Si])c([Si])c1. The first-order chi connectivity index (χ1) is 4.61. The van der Waals surface area contributed by atoms with E-state index >= 15 is 0 Å². The molecule has 0 bridgehead atoms. The van der Waals surface area contributed by atoms with Gasteiger partial charge in [-0.1, -0.05) is 32.9 Å². The van der Waals surface area contributed by atoms with Gasteiger partial charge in [0.1, 0.15) is 0 Å². The van der Waals surface area contributed by atoms with Crippen molar-refractivity contribution in [2.45, 2.75) is 0 Å². The van der Waals surface area contributed by atoms with Gasteiger partial charge in [-0.15, -0.1) is 0 Å². The Balaban J connectivity index is 3.31. The Hall–Kier alpha value is 0.0875. The third kappa shape index (κ3) is 1.57. The number of hydrogen-bond acceptors (Lipinski definition) is 0. The van der Waals surface area contributed by atoms with Crippen LogP contribution in [0, 0.1) is 0 Å². The molecule has 10 heavy (non-hydrogen) atoms. The minimum absolute atomic E-state index is 1.02. The summed E-state index contributed by atoms with van der Waals surface area (Å²) in [6.45, 7) is 0. The molecule has 0 aliphatic rings. The molecule has 1 aromatic carbocycles. The molecule has 42 valence electrons. The first kappa shape index (κ1) is 8.19. The lowest BCUT2D eigenvalue weighted by molar-refractivity contribution is 1.98. The molecule has 1 rings (SSSR count). The van der Waals surface area contributed by atoms with Crippen LogP contribution >= 0.6 is 0 Å². The maximum atomic E-state index is 3.44. The molecular formula is C6H2Si4. The Labute approximate surface area is 74.1 Å². The summed E-state index contributed by atoms with van der Waals surface area (Å²) in [5, 5.41) is 4.11. The zero-order valence-electron chi connectivity index (χ0n) is 5.15. The highest BCUT2D eigenvalue weighted by Crippen LogP contribution is 1.66. The summed E-state index contributed by atoms with van der Waals surface area (Å²) in [7, 11) is 13.7. The van der Waals surface area contributed by atoms with Crippen LogP contribution in [0.15, 0.2) is 12.1 Å². The fourth-order valence-electron chi connectivity index (χ4n) is 0.642. The highest BCUT2D eigenvalue weighted by atomic mass is 28.2. The van der Waals surface area contributed by atoms with Gasteiger partial charge in [-0.2, -0.15) is 0 Å². The monoisotopic (exact) mass is 186 g/mol. The second kappa shape index (κ2) is 3.00. The molecule has 0 nitrogen and oxygen atoms in total. The molecular weight excluding hydrogens is 184 g/mol. The van der Waals surface area contributed by atoms with Gasteiger partial charge in [-0.25, -0.2) is 0 Å². The van der Waals surface area contributed by atoms with Crippen molar-refractivity contribution in [1.29, 1.82) is 0 Å². The fraction of sp³-hybridized carbons (Fsp3) is 0. The molecule has 0 saturated heterocycles. The van der Waals surface area contributed by atoms with Crippen LogP contribution in [0.25, 0.3) is 0 Å². The Kier molecular flexibility index (Phi) is 2.45. The van der Waals surface area contributed by atoms with E-state index < -0.39 is 0 Å². The Morgan fingerprint density at radius 1 is 0.800 bits per heavy atom. The molecule has 0 spiro atoms. The molecule has 0 N–H and O–H groups in total. The van der Waals surface area contributed by atoms with Gasteiger partial charge in [0.15, 0.2) is 0 Å². The molecule has 12 radical (unpaired) electrons. The smallest absolute Gasteiger partial charge is 0.0704 e.